The molecule has 0 amide bonds. The van der Waals surface area contributed by atoms with E-state index < -0.39 is 17.7 Å². The van der Waals surface area contributed by atoms with Crippen molar-refractivity contribution < 1.29 is 23.1 Å². The fourth-order valence-corrected chi connectivity index (χ4v) is 2.09. The number of benzene rings is 1. The Kier molecular flexibility index (Phi) is 4.84. The van der Waals surface area contributed by atoms with Crippen LogP contribution >= 0.6 is 15.9 Å². The van der Waals surface area contributed by atoms with Gasteiger partial charge in [-0.3, -0.25) is 0 Å². The lowest BCUT2D eigenvalue weighted by atomic mass is 10.1. The maximum absolute atomic E-state index is 12.9. The first-order chi connectivity index (χ1) is 10.7. The molecule has 0 atom stereocenters. The van der Waals surface area contributed by atoms with E-state index >= 15 is 0 Å². The van der Waals surface area contributed by atoms with Crippen LogP contribution in [0.15, 0.2) is 34.9 Å². The number of nitrogens with zero attached hydrogens (tertiary/aromatic N) is 2. The van der Waals surface area contributed by atoms with Crippen LogP contribution in [0.4, 0.5) is 13.2 Å². The lowest BCUT2D eigenvalue weighted by Crippen LogP contribution is -2.06. The second-order valence-corrected chi connectivity index (χ2v) is 5.54. The molecule has 0 fully saturated rings. The average molecular weight is 387 g/mol. The summed E-state index contributed by atoms with van der Waals surface area (Å²) in [5, 5.41) is 8.81. The van der Waals surface area contributed by atoms with Crippen LogP contribution in [0.3, 0.4) is 0 Å². The molecule has 0 unspecified atom stereocenters. The minimum atomic E-state index is -4.47. The van der Waals surface area contributed by atoms with Gasteiger partial charge in [0.2, 0.25) is 0 Å². The normalized spacial score (nSPS) is 12.3. The van der Waals surface area contributed by atoms with E-state index in [0.29, 0.717) is 5.56 Å². The predicted molar refractivity (Wildman–Crippen MR) is 81.7 cm³/mol. The van der Waals surface area contributed by atoms with Crippen molar-refractivity contribution in [2.75, 3.05) is 0 Å². The summed E-state index contributed by atoms with van der Waals surface area (Å²) in [5.74, 6) is -1.10. The molecule has 1 aromatic carbocycles. The van der Waals surface area contributed by atoms with E-state index in [-0.39, 0.29) is 21.6 Å². The standard InChI is InChI=1S/C15H10BrF3N2O2/c1-8-4-9(6-10(5-8)15(17,18)19)13-20-3-2-11(21-13)7-12(16)14(22)23/h2-7H,1H3,(H,22,23)/b12-7+. The van der Waals surface area contributed by atoms with Crippen LogP contribution in [0.1, 0.15) is 16.8 Å². The van der Waals surface area contributed by atoms with Gasteiger partial charge in [-0.05, 0) is 58.8 Å². The summed E-state index contributed by atoms with van der Waals surface area (Å²) >= 11 is 2.86. The van der Waals surface area contributed by atoms with Crippen LogP contribution in [0.25, 0.3) is 17.5 Å². The number of carbonyl (C=O) groups is 1. The topological polar surface area (TPSA) is 63.1 Å². The van der Waals surface area contributed by atoms with E-state index in [1.165, 1.54) is 24.4 Å². The number of carboxylic acid groups (broad SMARTS) is 1. The van der Waals surface area contributed by atoms with Crippen molar-refractivity contribution in [1.29, 1.82) is 0 Å². The van der Waals surface area contributed by atoms with Crippen LogP contribution in [0, 0.1) is 6.92 Å². The zero-order valence-electron chi connectivity index (χ0n) is 11.7. The Balaban J connectivity index is 2.49. The van der Waals surface area contributed by atoms with Gasteiger partial charge in [-0.25, -0.2) is 14.8 Å². The van der Waals surface area contributed by atoms with Gasteiger partial charge in [-0.15, -0.1) is 0 Å². The Morgan fingerprint density at radius 1 is 1.30 bits per heavy atom. The fraction of sp³-hybridized carbons (Fsp3) is 0.133. The summed E-state index contributed by atoms with van der Waals surface area (Å²) in [6.45, 7) is 1.55. The zero-order valence-corrected chi connectivity index (χ0v) is 13.3. The molecule has 0 saturated carbocycles. The third kappa shape index (κ3) is 4.38. The molecule has 0 aliphatic rings. The lowest BCUT2D eigenvalue weighted by molar-refractivity contribution is -0.137. The van der Waals surface area contributed by atoms with E-state index in [1.54, 1.807) is 6.92 Å². The summed E-state index contributed by atoms with van der Waals surface area (Å²) < 4.78 is 38.5. The largest absolute Gasteiger partial charge is 0.477 e. The molecular weight excluding hydrogens is 377 g/mol. The minimum absolute atomic E-state index is 0.0821. The van der Waals surface area contributed by atoms with Gasteiger partial charge in [0.15, 0.2) is 5.82 Å². The first-order valence-electron chi connectivity index (χ1n) is 6.29. The van der Waals surface area contributed by atoms with Crippen LogP contribution in [-0.2, 0) is 11.0 Å². The van der Waals surface area contributed by atoms with Crippen LogP contribution in [0.2, 0.25) is 0 Å². The molecule has 1 heterocycles. The maximum atomic E-state index is 12.9. The Morgan fingerprint density at radius 3 is 2.61 bits per heavy atom. The summed E-state index contributed by atoms with van der Waals surface area (Å²) in [6, 6.07) is 4.98. The Labute approximate surface area is 137 Å². The second-order valence-electron chi connectivity index (χ2n) is 4.69. The van der Waals surface area contributed by atoms with Gasteiger partial charge in [0.1, 0.15) is 4.48 Å². The number of hydrogen-bond donors (Lipinski definition) is 1. The van der Waals surface area contributed by atoms with E-state index in [9.17, 15) is 18.0 Å². The molecule has 0 radical (unpaired) electrons. The molecule has 1 aromatic heterocycles. The van der Waals surface area contributed by atoms with Crippen molar-refractivity contribution in [3.05, 3.63) is 51.8 Å². The molecule has 1 N–H and O–H groups in total. The SMILES string of the molecule is Cc1cc(-c2nccc(/C=C(/Br)C(=O)O)n2)cc(C(F)(F)F)c1. The van der Waals surface area contributed by atoms with E-state index in [4.69, 9.17) is 5.11 Å². The van der Waals surface area contributed by atoms with Gasteiger partial charge in [0, 0.05) is 11.8 Å². The number of alkyl halides is 3. The van der Waals surface area contributed by atoms with Crippen LogP contribution < -0.4 is 0 Å². The Morgan fingerprint density at radius 2 is 2.00 bits per heavy atom. The smallest absolute Gasteiger partial charge is 0.416 e. The Bertz CT molecular complexity index is 789. The van der Waals surface area contributed by atoms with Crippen molar-refractivity contribution in [2.24, 2.45) is 0 Å². The maximum Gasteiger partial charge on any atom is 0.416 e. The third-order valence-electron chi connectivity index (χ3n) is 2.82. The number of aliphatic carboxylic acids is 1. The van der Waals surface area contributed by atoms with Crippen molar-refractivity contribution in [3.63, 3.8) is 0 Å². The van der Waals surface area contributed by atoms with E-state index in [0.717, 1.165) is 12.1 Å². The number of rotatable bonds is 3. The number of halogens is 4. The average Bonchev–Trinajstić information content (AvgIpc) is 2.46. The first-order valence-corrected chi connectivity index (χ1v) is 7.09. The highest BCUT2D eigenvalue weighted by Crippen LogP contribution is 2.32. The molecule has 2 aromatic rings. The highest BCUT2D eigenvalue weighted by molar-refractivity contribution is 9.12. The molecule has 8 heteroatoms. The molecular formula is C15H10BrF3N2O2. The molecule has 23 heavy (non-hydrogen) atoms. The van der Waals surface area contributed by atoms with Crippen molar-refractivity contribution >= 4 is 28.0 Å². The van der Waals surface area contributed by atoms with Gasteiger partial charge in [0.05, 0.1) is 11.3 Å². The first kappa shape index (κ1) is 17.1. The monoisotopic (exact) mass is 386 g/mol. The Hall–Kier alpha value is -2.22. The van der Waals surface area contributed by atoms with E-state index in [2.05, 4.69) is 25.9 Å². The number of hydrogen-bond acceptors (Lipinski definition) is 3. The fourth-order valence-electron chi connectivity index (χ4n) is 1.86. The van der Waals surface area contributed by atoms with Crippen molar-refractivity contribution in [1.82, 2.24) is 9.97 Å². The summed E-state index contributed by atoms with van der Waals surface area (Å²) in [4.78, 5) is 18.8. The number of aromatic nitrogens is 2. The van der Waals surface area contributed by atoms with Crippen LogP contribution in [-0.4, -0.2) is 21.0 Å². The summed E-state index contributed by atoms with van der Waals surface area (Å²) in [5.41, 5.74) is 0.105. The number of carboxylic acids is 1. The van der Waals surface area contributed by atoms with Crippen molar-refractivity contribution in [2.45, 2.75) is 13.1 Å². The number of aryl methyl sites for hydroxylation is 1. The molecule has 0 bridgehead atoms. The van der Waals surface area contributed by atoms with Crippen molar-refractivity contribution in [3.8, 4) is 11.4 Å². The molecule has 4 nitrogen and oxygen atoms in total. The third-order valence-corrected chi connectivity index (χ3v) is 3.39. The molecule has 0 aliphatic carbocycles. The quantitative estimate of drug-likeness (QED) is 0.799. The summed E-state index contributed by atoms with van der Waals surface area (Å²) in [6.07, 6.45) is -1.87. The van der Waals surface area contributed by atoms with Gasteiger partial charge < -0.3 is 5.11 Å². The highest BCUT2D eigenvalue weighted by Gasteiger charge is 2.31. The molecule has 2 rings (SSSR count). The molecule has 0 spiro atoms. The second kappa shape index (κ2) is 6.49. The highest BCUT2D eigenvalue weighted by atomic mass is 79.9. The summed E-state index contributed by atoms with van der Waals surface area (Å²) in [7, 11) is 0. The lowest BCUT2D eigenvalue weighted by Gasteiger charge is -2.10. The van der Waals surface area contributed by atoms with Gasteiger partial charge in [0.25, 0.3) is 0 Å². The van der Waals surface area contributed by atoms with Gasteiger partial charge in [-0.1, -0.05) is 0 Å². The predicted octanol–water partition coefficient (Wildman–Crippen LogP) is 4.29. The van der Waals surface area contributed by atoms with Crippen LogP contribution in [0.5, 0.6) is 0 Å². The molecule has 0 aliphatic heterocycles. The molecule has 0 saturated heterocycles. The minimum Gasteiger partial charge on any atom is -0.477 e. The molecule has 120 valence electrons. The van der Waals surface area contributed by atoms with Gasteiger partial charge >= 0.3 is 12.1 Å². The zero-order chi connectivity index (χ0) is 17.2. The van der Waals surface area contributed by atoms with E-state index in [1.807, 2.05) is 0 Å². The van der Waals surface area contributed by atoms with Gasteiger partial charge in [-0.2, -0.15) is 13.2 Å².